The maximum atomic E-state index is 11.1. The van der Waals surface area contributed by atoms with Crippen LogP contribution >= 0.6 is 0 Å². The average molecular weight is 224 g/mol. The normalized spacial score (nSPS) is 11.8. The summed E-state index contributed by atoms with van der Waals surface area (Å²) in [5.41, 5.74) is 10.9. The number of aromatic hydroxyl groups is 1. The van der Waals surface area contributed by atoms with Gasteiger partial charge in [0, 0.05) is 0 Å². The largest absolute Gasteiger partial charge is 0.508 e. The van der Waals surface area contributed by atoms with E-state index < -0.39 is 18.1 Å². The monoisotopic (exact) mass is 224 g/mol. The zero-order valence-electron chi connectivity index (χ0n) is 8.42. The number of benzene rings is 1. The molecule has 1 amide bonds. The molecule has 6 nitrogen and oxygen atoms in total. The van der Waals surface area contributed by atoms with Crippen LogP contribution in [0.4, 0.5) is 4.79 Å². The van der Waals surface area contributed by atoms with Crippen LogP contribution in [0.2, 0.25) is 0 Å². The molecule has 1 aromatic rings. The first-order chi connectivity index (χ1) is 7.49. The molecule has 6 heteroatoms. The zero-order chi connectivity index (χ0) is 12.1. The Morgan fingerprint density at radius 2 is 1.88 bits per heavy atom. The van der Waals surface area contributed by atoms with Crippen LogP contribution < -0.4 is 11.5 Å². The van der Waals surface area contributed by atoms with Crippen LogP contribution in [-0.2, 0) is 16.0 Å². The number of phenols is 1. The van der Waals surface area contributed by atoms with Crippen molar-refractivity contribution in [3.63, 3.8) is 0 Å². The number of hydrogen-bond donors (Lipinski definition) is 3. The lowest BCUT2D eigenvalue weighted by Gasteiger charge is -2.09. The molecular formula is C10H12N2O4. The van der Waals surface area contributed by atoms with Crippen molar-refractivity contribution in [2.24, 2.45) is 11.5 Å². The van der Waals surface area contributed by atoms with Gasteiger partial charge in [0.2, 0.25) is 0 Å². The minimum Gasteiger partial charge on any atom is -0.508 e. The van der Waals surface area contributed by atoms with Crippen LogP contribution in [0, 0.1) is 0 Å². The van der Waals surface area contributed by atoms with E-state index in [-0.39, 0.29) is 12.2 Å². The smallest absolute Gasteiger partial charge is 0.412 e. The summed E-state index contributed by atoms with van der Waals surface area (Å²) in [6.45, 7) is 0. The lowest BCUT2D eigenvalue weighted by atomic mass is 10.1. The summed E-state index contributed by atoms with van der Waals surface area (Å²) in [4.78, 5) is 21.4. The van der Waals surface area contributed by atoms with Gasteiger partial charge in [0.25, 0.3) is 0 Å². The Bertz CT molecular complexity index is 388. The number of ether oxygens (including phenoxy) is 1. The zero-order valence-corrected chi connectivity index (χ0v) is 8.42. The molecule has 0 heterocycles. The topological polar surface area (TPSA) is 116 Å². The maximum Gasteiger partial charge on any atom is 0.412 e. The van der Waals surface area contributed by atoms with Crippen molar-refractivity contribution >= 4 is 12.1 Å². The van der Waals surface area contributed by atoms with Crippen LogP contribution in [0.3, 0.4) is 0 Å². The summed E-state index contributed by atoms with van der Waals surface area (Å²) in [6.07, 6.45) is -0.974. The number of amides is 1. The van der Waals surface area contributed by atoms with Crippen LogP contribution in [0.5, 0.6) is 5.75 Å². The summed E-state index contributed by atoms with van der Waals surface area (Å²) in [6, 6.07) is 5.22. The summed E-state index contributed by atoms with van der Waals surface area (Å²) >= 11 is 0. The maximum absolute atomic E-state index is 11.1. The fourth-order valence-electron chi connectivity index (χ4n) is 1.14. The van der Waals surface area contributed by atoms with Gasteiger partial charge in [-0.1, -0.05) is 12.1 Å². The predicted octanol–water partition coefficient (Wildman–Crippen LogP) is -0.116. The lowest BCUT2D eigenvalue weighted by Crippen LogP contribution is -2.36. The van der Waals surface area contributed by atoms with E-state index in [9.17, 15) is 9.59 Å². The quantitative estimate of drug-likeness (QED) is 0.489. The van der Waals surface area contributed by atoms with Crippen LogP contribution in [0.25, 0.3) is 0 Å². The third kappa shape index (κ3) is 3.58. The van der Waals surface area contributed by atoms with Crippen molar-refractivity contribution < 1.29 is 19.4 Å². The van der Waals surface area contributed by atoms with E-state index in [0.717, 1.165) is 5.56 Å². The van der Waals surface area contributed by atoms with Gasteiger partial charge in [-0.25, -0.2) is 9.59 Å². The molecule has 0 spiro atoms. The predicted molar refractivity (Wildman–Crippen MR) is 55.5 cm³/mol. The third-order valence-electron chi connectivity index (χ3n) is 1.90. The van der Waals surface area contributed by atoms with Gasteiger partial charge >= 0.3 is 12.1 Å². The van der Waals surface area contributed by atoms with E-state index in [1.807, 2.05) is 0 Å². The minimum absolute atomic E-state index is 0.122. The van der Waals surface area contributed by atoms with Gasteiger partial charge in [0.1, 0.15) is 11.8 Å². The second kappa shape index (κ2) is 5.13. The molecule has 0 unspecified atom stereocenters. The number of hydrogen-bond acceptors (Lipinski definition) is 5. The van der Waals surface area contributed by atoms with E-state index in [2.05, 4.69) is 10.5 Å². The second-order valence-corrected chi connectivity index (χ2v) is 3.22. The van der Waals surface area contributed by atoms with Crippen molar-refractivity contribution in [3.05, 3.63) is 29.8 Å². The molecule has 1 rings (SSSR count). The first kappa shape index (κ1) is 12.0. The van der Waals surface area contributed by atoms with E-state index in [4.69, 9.17) is 10.8 Å². The Morgan fingerprint density at radius 1 is 1.31 bits per heavy atom. The highest BCUT2D eigenvalue weighted by Crippen LogP contribution is 2.11. The third-order valence-corrected chi connectivity index (χ3v) is 1.90. The molecular weight excluding hydrogens is 212 g/mol. The molecule has 5 N–H and O–H groups in total. The number of primary amides is 1. The molecule has 1 atom stereocenters. The molecule has 0 aliphatic rings. The second-order valence-electron chi connectivity index (χ2n) is 3.22. The molecule has 1 aromatic carbocycles. The van der Waals surface area contributed by atoms with Gasteiger partial charge in [-0.3, -0.25) is 0 Å². The van der Waals surface area contributed by atoms with Gasteiger partial charge in [0.05, 0.1) is 0 Å². The molecule has 0 aromatic heterocycles. The number of carbonyl (C=O) groups excluding carboxylic acids is 2. The number of phenolic OH excluding ortho intramolecular Hbond substituents is 1. The van der Waals surface area contributed by atoms with Crippen molar-refractivity contribution in [1.29, 1.82) is 0 Å². The van der Waals surface area contributed by atoms with Crippen molar-refractivity contribution in [2.45, 2.75) is 12.5 Å². The Labute approximate surface area is 91.8 Å². The molecule has 0 fully saturated rings. The standard InChI is InChI=1S/C10H12N2O4/c11-8(9(14)16-10(12)15)5-6-1-3-7(13)4-2-6/h1-4,8,13H,5,11H2,(H2,12,15)/t8-/m0/s1. The van der Waals surface area contributed by atoms with Crippen LogP contribution in [0.1, 0.15) is 5.56 Å². The van der Waals surface area contributed by atoms with Crippen LogP contribution in [-0.4, -0.2) is 23.2 Å². The Morgan fingerprint density at radius 3 is 2.38 bits per heavy atom. The fourth-order valence-corrected chi connectivity index (χ4v) is 1.14. The number of carbonyl (C=O) groups is 2. The van der Waals surface area contributed by atoms with Crippen molar-refractivity contribution in [1.82, 2.24) is 0 Å². The highest BCUT2D eigenvalue weighted by atomic mass is 16.6. The molecule has 0 aliphatic heterocycles. The van der Waals surface area contributed by atoms with Gasteiger partial charge in [-0.2, -0.15) is 0 Å². The first-order valence-corrected chi connectivity index (χ1v) is 4.53. The molecule has 16 heavy (non-hydrogen) atoms. The Balaban J connectivity index is 2.57. The fraction of sp³-hybridized carbons (Fsp3) is 0.200. The van der Waals surface area contributed by atoms with Crippen molar-refractivity contribution in [2.75, 3.05) is 0 Å². The summed E-state index contributed by atoms with van der Waals surface area (Å²) in [5, 5.41) is 9.03. The van der Waals surface area contributed by atoms with E-state index in [1.165, 1.54) is 12.1 Å². The lowest BCUT2D eigenvalue weighted by molar-refractivity contribution is -0.138. The van der Waals surface area contributed by atoms with Gasteiger partial charge in [-0.05, 0) is 24.1 Å². The summed E-state index contributed by atoms with van der Waals surface area (Å²) in [5.74, 6) is -0.752. The highest BCUT2D eigenvalue weighted by Gasteiger charge is 2.17. The van der Waals surface area contributed by atoms with Crippen molar-refractivity contribution in [3.8, 4) is 5.75 Å². The molecule has 0 aliphatic carbocycles. The minimum atomic E-state index is -1.17. The average Bonchev–Trinajstić information content (AvgIpc) is 2.20. The number of nitrogens with two attached hydrogens (primary N) is 2. The molecule has 0 saturated heterocycles. The summed E-state index contributed by atoms with van der Waals surface area (Å²) in [7, 11) is 0. The van der Waals surface area contributed by atoms with E-state index in [1.54, 1.807) is 12.1 Å². The first-order valence-electron chi connectivity index (χ1n) is 4.53. The molecule has 0 radical (unpaired) electrons. The molecule has 0 bridgehead atoms. The SMILES string of the molecule is NC(=O)OC(=O)[C@@H](N)Cc1ccc(O)cc1. The summed E-state index contributed by atoms with van der Waals surface area (Å²) < 4.78 is 4.13. The molecule has 0 saturated carbocycles. The highest BCUT2D eigenvalue weighted by molar-refractivity contribution is 5.86. The van der Waals surface area contributed by atoms with Gasteiger partial charge < -0.3 is 21.3 Å². The number of esters is 1. The number of rotatable bonds is 3. The van der Waals surface area contributed by atoms with E-state index >= 15 is 0 Å². The van der Waals surface area contributed by atoms with Gasteiger partial charge in [0.15, 0.2) is 0 Å². The Hall–Kier alpha value is -2.08. The van der Waals surface area contributed by atoms with E-state index in [0.29, 0.717) is 0 Å². The molecule has 86 valence electrons. The van der Waals surface area contributed by atoms with Crippen LogP contribution in [0.15, 0.2) is 24.3 Å². The Kier molecular flexibility index (Phi) is 3.84. The van der Waals surface area contributed by atoms with Gasteiger partial charge in [-0.15, -0.1) is 0 Å².